The number of hydrogen-bond donors (Lipinski definition) is 0. The molecule has 3 heteroatoms. The molecule has 0 aliphatic rings. The van der Waals surface area contributed by atoms with E-state index in [0.717, 1.165) is 5.75 Å². The Labute approximate surface area is 56.2 Å². The molecular formula is C5H12OPS+. The van der Waals surface area contributed by atoms with Crippen molar-refractivity contribution in [2.45, 2.75) is 26.2 Å². The first-order valence-corrected chi connectivity index (χ1v) is 5.52. The Morgan fingerprint density at radius 3 is 2.75 bits per heavy atom. The van der Waals surface area contributed by atoms with E-state index in [1.54, 1.807) is 0 Å². The second kappa shape index (κ2) is 7.45. The summed E-state index contributed by atoms with van der Waals surface area (Å²) in [6.45, 7) is 2.17. The number of hydrogen-bond acceptors (Lipinski definition) is 2. The molecule has 1 nitrogen and oxygen atoms in total. The molecule has 0 fully saturated rings. The molecule has 0 spiro atoms. The lowest BCUT2D eigenvalue weighted by Crippen LogP contribution is -1.73. The Morgan fingerprint density at radius 1 is 1.50 bits per heavy atom. The van der Waals surface area contributed by atoms with Crippen molar-refractivity contribution in [3.8, 4) is 0 Å². The van der Waals surface area contributed by atoms with Crippen LogP contribution in [0.25, 0.3) is 0 Å². The Bertz CT molecular complexity index is 58.4. The van der Waals surface area contributed by atoms with Gasteiger partial charge >= 0.3 is 7.66 Å². The zero-order chi connectivity index (χ0) is 6.24. The van der Waals surface area contributed by atoms with Crippen LogP contribution in [0.5, 0.6) is 0 Å². The van der Waals surface area contributed by atoms with E-state index in [4.69, 9.17) is 0 Å². The largest absolute Gasteiger partial charge is 0.396 e. The van der Waals surface area contributed by atoms with Gasteiger partial charge in [-0.05, 0) is 6.42 Å². The minimum atomic E-state index is -0.164. The fraction of sp³-hybridized carbons (Fsp3) is 1.00. The first kappa shape index (κ1) is 8.45. The second-order valence-electron chi connectivity index (χ2n) is 1.64. The highest BCUT2D eigenvalue weighted by Crippen LogP contribution is 2.18. The van der Waals surface area contributed by atoms with Gasteiger partial charge in [-0.25, -0.2) is 0 Å². The maximum absolute atomic E-state index is 9.88. The van der Waals surface area contributed by atoms with E-state index >= 15 is 0 Å². The molecule has 8 heavy (non-hydrogen) atoms. The summed E-state index contributed by atoms with van der Waals surface area (Å²) in [5, 5.41) is 0. The van der Waals surface area contributed by atoms with Crippen molar-refractivity contribution in [1.29, 1.82) is 0 Å². The molecule has 0 saturated heterocycles. The highest BCUT2D eigenvalue weighted by atomic mass is 32.7. The van der Waals surface area contributed by atoms with E-state index in [-0.39, 0.29) is 7.66 Å². The molecule has 0 aromatic rings. The molecule has 0 aliphatic heterocycles. The van der Waals surface area contributed by atoms with Crippen LogP contribution in [0.15, 0.2) is 0 Å². The summed E-state index contributed by atoms with van der Waals surface area (Å²) in [5.74, 6) is 1.07. The van der Waals surface area contributed by atoms with Crippen LogP contribution < -0.4 is 0 Å². The van der Waals surface area contributed by atoms with Gasteiger partial charge in [-0.2, -0.15) is 0 Å². The molecule has 1 unspecified atom stereocenters. The quantitative estimate of drug-likeness (QED) is 0.444. The Balaban J connectivity index is 2.62. The predicted octanol–water partition coefficient (Wildman–Crippen LogP) is 2.85. The van der Waals surface area contributed by atoms with Gasteiger partial charge in [0, 0.05) is 5.75 Å². The Hall–Kier alpha value is 0.450. The Morgan fingerprint density at radius 2 is 2.25 bits per heavy atom. The van der Waals surface area contributed by atoms with Crippen molar-refractivity contribution >= 4 is 19.0 Å². The summed E-state index contributed by atoms with van der Waals surface area (Å²) in [6.07, 6.45) is 3.75. The standard InChI is InChI=1S/C5H11OPS/c1-2-3-4-5-8-7-6/h2-5H2,1H3/p+1. The SMILES string of the molecule is CCCCCS[PH+]=O. The average molecular weight is 151 g/mol. The van der Waals surface area contributed by atoms with Crippen LogP contribution in [0.2, 0.25) is 0 Å². The lowest BCUT2D eigenvalue weighted by atomic mass is 10.3. The first-order chi connectivity index (χ1) is 3.91. The van der Waals surface area contributed by atoms with E-state index in [1.165, 1.54) is 30.6 Å². The van der Waals surface area contributed by atoms with Crippen molar-refractivity contribution in [1.82, 2.24) is 0 Å². The van der Waals surface area contributed by atoms with Gasteiger partial charge in [-0.3, -0.25) is 0 Å². The first-order valence-electron chi connectivity index (χ1n) is 2.90. The van der Waals surface area contributed by atoms with Crippen molar-refractivity contribution in [3.05, 3.63) is 0 Å². The van der Waals surface area contributed by atoms with Crippen LogP contribution in [-0.2, 0) is 4.57 Å². The maximum Gasteiger partial charge on any atom is 0.396 e. The average Bonchev–Trinajstić information content (AvgIpc) is 1.81. The van der Waals surface area contributed by atoms with Crippen LogP contribution in [-0.4, -0.2) is 5.75 Å². The third kappa shape index (κ3) is 6.45. The number of rotatable bonds is 5. The third-order valence-electron chi connectivity index (χ3n) is 0.909. The summed E-state index contributed by atoms with van der Waals surface area (Å²) in [5.41, 5.74) is 0. The topological polar surface area (TPSA) is 17.1 Å². The molecule has 1 atom stereocenters. The molecule has 0 saturated carbocycles. The number of unbranched alkanes of at least 4 members (excludes halogenated alkanes) is 2. The summed E-state index contributed by atoms with van der Waals surface area (Å²) in [6, 6.07) is 0. The zero-order valence-electron chi connectivity index (χ0n) is 5.14. The van der Waals surface area contributed by atoms with Crippen LogP contribution in [0, 0.1) is 0 Å². The van der Waals surface area contributed by atoms with Crippen LogP contribution in [0.4, 0.5) is 0 Å². The van der Waals surface area contributed by atoms with E-state index in [9.17, 15) is 4.57 Å². The molecule has 0 heterocycles. The van der Waals surface area contributed by atoms with Gasteiger partial charge in [0.15, 0.2) is 0 Å². The zero-order valence-corrected chi connectivity index (χ0v) is 6.96. The Kier molecular flexibility index (Phi) is 7.87. The molecule has 0 rings (SSSR count). The molecule has 48 valence electrons. The lowest BCUT2D eigenvalue weighted by Gasteiger charge is -1.86. The van der Waals surface area contributed by atoms with Crippen LogP contribution >= 0.6 is 19.0 Å². The second-order valence-corrected chi connectivity index (χ2v) is 3.87. The minimum absolute atomic E-state index is 0.164. The van der Waals surface area contributed by atoms with Gasteiger partial charge < -0.3 is 0 Å². The molecule has 0 radical (unpaired) electrons. The molecule has 0 aromatic carbocycles. The smallest absolute Gasteiger partial charge is 0.0654 e. The van der Waals surface area contributed by atoms with Gasteiger partial charge in [0.05, 0.1) is 0 Å². The van der Waals surface area contributed by atoms with Crippen molar-refractivity contribution in [2.24, 2.45) is 0 Å². The molecule has 0 bridgehead atoms. The van der Waals surface area contributed by atoms with E-state index in [2.05, 4.69) is 6.92 Å². The summed E-state index contributed by atoms with van der Waals surface area (Å²) < 4.78 is 9.88. The fourth-order valence-electron chi connectivity index (χ4n) is 0.466. The van der Waals surface area contributed by atoms with Crippen molar-refractivity contribution in [3.63, 3.8) is 0 Å². The van der Waals surface area contributed by atoms with Gasteiger partial charge in [0.1, 0.15) is 11.4 Å². The van der Waals surface area contributed by atoms with Crippen LogP contribution in [0.3, 0.4) is 0 Å². The normalized spacial score (nSPS) is 10.1. The predicted molar refractivity (Wildman–Crippen MR) is 41.0 cm³/mol. The van der Waals surface area contributed by atoms with E-state index < -0.39 is 0 Å². The van der Waals surface area contributed by atoms with E-state index in [0.29, 0.717) is 0 Å². The lowest BCUT2D eigenvalue weighted by molar-refractivity contribution is 0.605. The minimum Gasteiger partial charge on any atom is -0.0654 e. The van der Waals surface area contributed by atoms with Crippen molar-refractivity contribution in [2.75, 3.05) is 5.75 Å². The molecule has 0 aromatic heterocycles. The van der Waals surface area contributed by atoms with Crippen LogP contribution in [0.1, 0.15) is 26.2 Å². The third-order valence-corrected chi connectivity index (χ3v) is 2.49. The van der Waals surface area contributed by atoms with Crippen molar-refractivity contribution < 1.29 is 4.57 Å². The monoisotopic (exact) mass is 151 g/mol. The summed E-state index contributed by atoms with van der Waals surface area (Å²) in [4.78, 5) is 0. The van der Waals surface area contributed by atoms with Gasteiger partial charge in [-0.15, -0.1) is 0 Å². The molecule has 0 aliphatic carbocycles. The van der Waals surface area contributed by atoms with Gasteiger partial charge in [-0.1, -0.05) is 24.3 Å². The summed E-state index contributed by atoms with van der Waals surface area (Å²) >= 11 is 1.52. The highest BCUT2D eigenvalue weighted by Gasteiger charge is 1.91. The molecule has 0 N–H and O–H groups in total. The molecule has 0 amide bonds. The highest BCUT2D eigenvalue weighted by molar-refractivity contribution is 8.45. The molecular weight excluding hydrogens is 139 g/mol. The summed E-state index contributed by atoms with van der Waals surface area (Å²) in [7, 11) is -0.164. The van der Waals surface area contributed by atoms with Gasteiger partial charge in [0.2, 0.25) is 0 Å². The maximum atomic E-state index is 9.88. The van der Waals surface area contributed by atoms with E-state index in [1.807, 2.05) is 0 Å². The fourth-order valence-corrected chi connectivity index (χ4v) is 1.58. The van der Waals surface area contributed by atoms with Gasteiger partial charge in [0.25, 0.3) is 0 Å².